The minimum atomic E-state index is -0.406. The third kappa shape index (κ3) is 3.33. The van der Waals surface area contributed by atoms with Crippen molar-refractivity contribution in [3.8, 4) is 0 Å². The number of nitro groups is 1. The average Bonchev–Trinajstić information content (AvgIpc) is 2.56. The van der Waals surface area contributed by atoms with Crippen LogP contribution in [0.5, 0.6) is 0 Å². The lowest BCUT2D eigenvalue weighted by Crippen LogP contribution is -2.30. The van der Waals surface area contributed by atoms with E-state index < -0.39 is 4.92 Å². The van der Waals surface area contributed by atoms with E-state index in [9.17, 15) is 10.1 Å². The first-order chi connectivity index (χ1) is 11.0. The van der Waals surface area contributed by atoms with Crippen LogP contribution in [0.2, 0.25) is 0 Å². The summed E-state index contributed by atoms with van der Waals surface area (Å²) < 4.78 is 0. The van der Waals surface area contributed by atoms with E-state index in [1.165, 1.54) is 12.1 Å². The molecular formula is C16H23N5O2. The summed E-state index contributed by atoms with van der Waals surface area (Å²) in [7, 11) is 0. The zero-order valence-electron chi connectivity index (χ0n) is 14.1. The van der Waals surface area contributed by atoms with Gasteiger partial charge in [0.15, 0.2) is 11.6 Å². The number of aromatic nitrogens is 2. The van der Waals surface area contributed by atoms with Crippen molar-refractivity contribution in [1.29, 1.82) is 0 Å². The van der Waals surface area contributed by atoms with E-state index in [1.54, 1.807) is 6.07 Å². The van der Waals surface area contributed by atoms with E-state index in [1.807, 2.05) is 0 Å². The van der Waals surface area contributed by atoms with Gasteiger partial charge in [-0.3, -0.25) is 10.1 Å². The molecule has 23 heavy (non-hydrogen) atoms. The number of nitro benzene ring substituents is 1. The number of rotatable bonds is 7. The number of hydrogen-bond donors (Lipinski definition) is 0. The molecule has 0 aliphatic carbocycles. The number of fused-ring (bicyclic) bond motifs is 1. The largest absolute Gasteiger partial charge is 0.354 e. The van der Waals surface area contributed by atoms with Crippen LogP contribution in [-0.4, -0.2) is 41.1 Å². The number of benzene rings is 1. The Morgan fingerprint density at radius 1 is 0.913 bits per heavy atom. The Labute approximate surface area is 136 Å². The van der Waals surface area contributed by atoms with Gasteiger partial charge in [-0.1, -0.05) is 0 Å². The first-order valence-corrected chi connectivity index (χ1v) is 8.01. The fourth-order valence-electron chi connectivity index (χ4n) is 2.61. The van der Waals surface area contributed by atoms with Gasteiger partial charge in [-0.25, -0.2) is 9.97 Å². The Morgan fingerprint density at radius 3 is 1.83 bits per heavy atom. The van der Waals surface area contributed by atoms with Gasteiger partial charge in [0, 0.05) is 38.3 Å². The molecule has 0 aliphatic heterocycles. The third-order valence-electron chi connectivity index (χ3n) is 3.95. The fraction of sp³-hybridized carbons (Fsp3) is 0.500. The average molecular weight is 317 g/mol. The van der Waals surface area contributed by atoms with Gasteiger partial charge in [-0.15, -0.1) is 0 Å². The van der Waals surface area contributed by atoms with Crippen LogP contribution in [0.25, 0.3) is 11.0 Å². The molecule has 0 bridgehead atoms. The number of nitrogens with zero attached hydrogens (tertiary/aromatic N) is 5. The Kier molecular flexibility index (Phi) is 5.31. The molecule has 0 saturated carbocycles. The highest BCUT2D eigenvalue weighted by Gasteiger charge is 2.19. The van der Waals surface area contributed by atoms with E-state index in [0.717, 1.165) is 37.8 Å². The maximum absolute atomic E-state index is 11.0. The van der Waals surface area contributed by atoms with Crippen LogP contribution < -0.4 is 9.80 Å². The second-order valence-corrected chi connectivity index (χ2v) is 5.15. The Hall–Kier alpha value is -2.44. The predicted octanol–water partition coefficient (Wildman–Crippen LogP) is 3.23. The van der Waals surface area contributed by atoms with Gasteiger partial charge < -0.3 is 9.80 Å². The van der Waals surface area contributed by atoms with Crippen molar-refractivity contribution < 1.29 is 4.92 Å². The van der Waals surface area contributed by atoms with Gasteiger partial charge in [0.25, 0.3) is 5.69 Å². The zero-order chi connectivity index (χ0) is 17.0. The van der Waals surface area contributed by atoms with Gasteiger partial charge in [0.1, 0.15) is 0 Å². The molecule has 1 heterocycles. The molecule has 2 aromatic rings. The van der Waals surface area contributed by atoms with Crippen LogP contribution in [0, 0.1) is 10.1 Å². The molecule has 0 N–H and O–H groups in total. The van der Waals surface area contributed by atoms with Crippen LogP contribution in [0.1, 0.15) is 27.7 Å². The summed E-state index contributed by atoms with van der Waals surface area (Å²) in [4.78, 5) is 24.3. The van der Waals surface area contributed by atoms with E-state index in [2.05, 4.69) is 37.5 Å². The first-order valence-electron chi connectivity index (χ1n) is 8.01. The lowest BCUT2D eigenvalue weighted by molar-refractivity contribution is -0.384. The normalized spacial score (nSPS) is 10.8. The summed E-state index contributed by atoms with van der Waals surface area (Å²) in [5, 5.41) is 11.0. The van der Waals surface area contributed by atoms with E-state index >= 15 is 0 Å². The van der Waals surface area contributed by atoms with Crippen molar-refractivity contribution in [2.75, 3.05) is 36.0 Å². The molecule has 1 aromatic heterocycles. The molecule has 1 aromatic carbocycles. The lowest BCUT2D eigenvalue weighted by atomic mass is 10.2. The standard InChI is InChI=1S/C16H23N5O2/c1-5-19(6-2)15-16(20(7-3)8-4)18-14-11-12(21(22)23)9-10-13(14)17-15/h9-11H,5-8H2,1-4H3. The van der Waals surface area contributed by atoms with Crippen molar-refractivity contribution in [3.05, 3.63) is 28.3 Å². The maximum atomic E-state index is 11.0. The minimum Gasteiger partial charge on any atom is -0.354 e. The molecule has 124 valence electrons. The van der Waals surface area contributed by atoms with Gasteiger partial charge >= 0.3 is 0 Å². The molecule has 0 radical (unpaired) electrons. The topological polar surface area (TPSA) is 75.4 Å². The van der Waals surface area contributed by atoms with E-state index in [4.69, 9.17) is 9.97 Å². The van der Waals surface area contributed by atoms with Gasteiger partial charge in [0.05, 0.1) is 16.0 Å². The quantitative estimate of drug-likeness (QED) is 0.576. The molecule has 0 atom stereocenters. The smallest absolute Gasteiger partial charge is 0.271 e. The van der Waals surface area contributed by atoms with Gasteiger partial charge in [0.2, 0.25) is 0 Å². The maximum Gasteiger partial charge on any atom is 0.271 e. The summed E-state index contributed by atoms with van der Waals surface area (Å²) in [6.07, 6.45) is 0. The molecule has 0 saturated heterocycles. The Bertz CT molecular complexity index is 696. The van der Waals surface area contributed by atoms with Crippen molar-refractivity contribution in [3.63, 3.8) is 0 Å². The monoisotopic (exact) mass is 317 g/mol. The summed E-state index contributed by atoms with van der Waals surface area (Å²) in [6, 6.07) is 4.63. The Balaban J connectivity index is 2.69. The summed E-state index contributed by atoms with van der Waals surface area (Å²) in [6.45, 7) is 11.6. The highest BCUT2D eigenvalue weighted by Crippen LogP contribution is 2.29. The van der Waals surface area contributed by atoms with Crippen LogP contribution in [-0.2, 0) is 0 Å². The summed E-state index contributed by atoms with van der Waals surface area (Å²) in [5.41, 5.74) is 1.26. The molecule has 0 fully saturated rings. The highest BCUT2D eigenvalue weighted by molar-refractivity contribution is 5.82. The van der Waals surface area contributed by atoms with Gasteiger partial charge in [-0.05, 0) is 33.8 Å². The number of non-ortho nitro benzene ring substituents is 1. The van der Waals surface area contributed by atoms with Crippen molar-refractivity contribution in [2.24, 2.45) is 0 Å². The molecule has 7 nitrogen and oxygen atoms in total. The van der Waals surface area contributed by atoms with Gasteiger partial charge in [-0.2, -0.15) is 0 Å². The van der Waals surface area contributed by atoms with Crippen molar-refractivity contribution in [1.82, 2.24) is 9.97 Å². The molecule has 7 heteroatoms. The molecule has 0 spiro atoms. The third-order valence-corrected chi connectivity index (χ3v) is 3.95. The van der Waals surface area contributed by atoms with Crippen molar-refractivity contribution in [2.45, 2.75) is 27.7 Å². The highest BCUT2D eigenvalue weighted by atomic mass is 16.6. The first kappa shape index (κ1) is 16.9. The second-order valence-electron chi connectivity index (χ2n) is 5.15. The van der Waals surface area contributed by atoms with Crippen molar-refractivity contribution >= 4 is 28.4 Å². The second kappa shape index (κ2) is 7.21. The summed E-state index contributed by atoms with van der Waals surface area (Å²) >= 11 is 0. The molecular weight excluding hydrogens is 294 g/mol. The van der Waals surface area contributed by atoms with E-state index in [0.29, 0.717) is 11.0 Å². The summed E-state index contributed by atoms with van der Waals surface area (Å²) in [5.74, 6) is 1.62. The van der Waals surface area contributed by atoms with Crippen LogP contribution >= 0.6 is 0 Å². The lowest BCUT2D eigenvalue weighted by Gasteiger charge is -2.28. The van der Waals surface area contributed by atoms with Crippen LogP contribution in [0.15, 0.2) is 18.2 Å². The number of hydrogen-bond acceptors (Lipinski definition) is 6. The van der Waals surface area contributed by atoms with Crippen LogP contribution in [0.4, 0.5) is 17.3 Å². The molecule has 0 unspecified atom stereocenters. The molecule has 2 rings (SSSR count). The van der Waals surface area contributed by atoms with Crippen LogP contribution in [0.3, 0.4) is 0 Å². The van der Waals surface area contributed by atoms with E-state index in [-0.39, 0.29) is 5.69 Å². The molecule has 0 amide bonds. The Morgan fingerprint density at radius 2 is 1.39 bits per heavy atom. The fourth-order valence-corrected chi connectivity index (χ4v) is 2.61. The zero-order valence-corrected chi connectivity index (χ0v) is 14.1. The number of anilines is 2. The predicted molar refractivity (Wildman–Crippen MR) is 93.3 cm³/mol. The minimum absolute atomic E-state index is 0.0351. The molecule has 0 aliphatic rings. The SMILES string of the molecule is CCN(CC)c1nc2ccc([N+](=O)[O-])cc2nc1N(CC)CC.